The minimum absolute atomic E-state index is 0.219. The van der Waals surface area contributed by atoms with Crippen LogP contribution < -0.4 is 0 Å². The van der Waals surface area contributed by atoms with Gasteiger partial charge in [0.2, 0.25) is 11.8 Å². The number of esters is 1. The van der Waals surface area contributed by atoms with Crippen LogP contribution in [-0.4, -0.2) is 76.2 Å². The lowest BCUT2D eigenvalue weighted by atomic mass is 9.73. The van der Waals surface area contributed by atoms with Gasteiger partial charge >= 0.3 is 5.97 Å². The van der Waals surface area contributed by atoms with E-state index >= 15 is 0 Å². The van der Waals surface area contributed by atoms with Gasteiger partial charge in [0.1, 0.15) is 23.2 Å². The summed E-state index contributed by atoms with van der Waals surface area (Å²) in [7, 11) is 0. The molecule has 1 unspecified atom stereocenters. The Kier molecular flexibility index (Phi) is 7.47. The van der Waals surface area contributed by atoms with Gasteiger partial charge in [0, 0.05) is 13.1 Å². The number of likely N-dealkylation sites (tertiary alicyclic amines) is 1. The van der Waals surface area contributed by atoms with Crippen molar-refractivity contribution in [1.82, 2.24) is 9.80 Å². The van der Waals surface area contributed by atoms with E-state index in [1.807, 2.05) is 61.6 Å². The molecule has 0 aromatic heterocycles. The average molecular weight is 523 g/mol. The third-order valence-corrected chi connectivity index (χ3v) is 8.63. The molecule has 0 saturated carbocycles. The number of hydrogen-bond acceptors (Lipinski definition) is 6. The highest BCUT2D eigenvalue weighted by Gasteiger charge is 2.76. The predicted octanol–water partition coefficient (Wildman–Crippen LogP) is 3.17. The van der Waals surface area contributed by atoms with E-state index in [0.717, 1.165) is 24.8 Å². The number of nitrogens with zero attached hydrogens (tertiary/aromatic N) is 2. The summed E-state index contributed by atoms with van der Waals surface area (Å²) in [4.78, 5) is 45.8. The van der Waals surface area contributed by atoms with Crippen molar-refractivity contribution in [3.8, 4) is 0 Å². The standard InChI is InChI=1S/C30H38N2O6/c1-3-5-17-31-18-12-16-30-23(24-28(36)37-19-11-7-10-15-29(24,4-2)38-30)26(34)32(25(30)27(31)35)22(20-33)21-13-8-6-9-14-21/h6,8-10,12-16,22-25,33H,3-5,7,11,17-20H2,1-2H3/b15-10-/t22-,23+,24+,25?,29-,30+/m1/s1. The zero-order valence-electron chi connectivity index (χ0n) is 22.3. The largest absolute Gasteiger partial charge is 0.465 e. The number of hydrogen-bond donors (Lipinski definition) is 1. The van der Waals surface area contributed by atoms with Gasteiger partial charge in [0.05, 0.1) is 25.2 Å². The molecule has 1 N–H and O–H groups in total. The molecule has 4 heterocycles. The zero-order chi connectivity index (χ0) is 26.9. The highest BCUT2D eigenvalue weighted by atomic mass is 16.6. The minimum atomic E-state index is -1.36. The van der Waals surface area contributed by atoms with Crippen LogP contribution in [0.25, 0.3) is 0 Å². The van der Waals surface area contributed by atoms with Gasteiger partial charge in [0.15, 0.2) is 0 Å². The van der Waals surface area contributed by atoms with E-state index in [4.69, 9.17) is 9.47 Å². The van der Waals surface area contributed by atoms with Gasteiger partial charge in [-0.3, -0.25) is 14.4 Å². The first-order valence-electron chi connectivity index (χ1n) is 13.9. The number of aliphatic hydroxyl groups is 1. The number of allylic oxidation sites excluding steroid dienone is 1. The normalized spacial score (nSPS) is 34.4. The molecule has 0 aliphatic carbocycles. The van der Waals surface area contributed by atoms with Crippen LogP contribution in [0.2, 0.25) is 0 Å². The van der Waals surface area contributed by atoms with Crippen LogP contribution in [0.15, 0.2) is 54.6 Å². The van der Waals surface area contributed by atoms with Crippen LogP contribution in [0.4, 0.5) is 0 Å². The Morgan fingerprint density at radius 2 is 1.84 bits per heavy atom. The Labute approximate surface area is 224 Å². The summed E-state index contributed by atoms with van der Waals surface area (Å²) < 4.78 is 12.6. The number of ether oxygens (including phenoxy) is 2. The monoisotopic (exact) mass is 522 g/mol. The molecule has 1 aromatic carbocycles. The summed E-state index contributed by atoms with van der Waals surface area (Å²) >= 11 is 0. The van der Waals surface area contributed by atoms with Gasteiger partial charge in [-0.15, -0.1) is 0 Å². The van der Waals surface area contributed by atoms with Crippen molar-refractivity contribution in [2.75, 3.05) is 26.3 Å². The molecule has 4 aliphatic heterocycles. The van der Waals surface area contributed by atoms with Crippen LogP contribution in [0.3, 0.4) is 0 Å². The van der Waals surface area contributed by atoms with Crippen LogP contribution >= 0.6 is 0 Å². The Morgan fingerprint density at radius 1 is 1.05 bits per heavy atom. The van der Waals surface area contributed by atoms with E-state index in [2.05, 4.69) is 6.92 Å². The lowest BCUT2D eigenvalue weighted by molar-refractivity contribution is -0.163. The molecule has 204 valence electrons. The van der Waals surface area contributed by atoms with Crippen molar-refractivity contribution >= 4 is 17.8 Å². The molecule has 0 bridgehead atoms. The van der Waals surface area contributed by atoms with Crippen LogP contribution in [0, 0.1) is 11.8 Å². The third kappa shape index (κ3) is 4.09. The van der Waals surface area contributed by atoms with Crippen LogP contribution in [-0.2, 0) is 23.9 Å². The molecule has 6 atom stereocenters. The molecule has 8 heteroatoms. The number of benzene rings is 1. The number of fused-ring (bicyclic) bond motifs is 2. The summed E-state index contributed by atoms with van der Waals surface area (Å²) in [5.74, 6) is -2.91. The van der Waals surface area contributed by atoms with Crippen molar-refractivity contribution in [2.45, 2.75) is 69.2 Å². The smallest absolute Gasteiger partial charge is 0.313 e. The summed E-state index contributed by atoms with van der Waals surface area (Å²) in [6, 6.07) is 7.46. The van der Waals surface area contributed by atoms with Gasteiger partial charge in [-0.05, 0) is 31.2 Å². The second-order valence-corrected chi connectivity index (χ2v) is 10.7. The van der Waals surface area contributed by atoms with E-state index in [-0.39, 0.29) is 25.0 Å². The molecule has 1 spiro atoms. The van der Waals surface area contributed by atoms with E-state index in [1.165, 1.54) is 4.90 Å². The predicted molar refractivity (Wildman–Crippen MR) is 141 cm³/mol. The molecule has 0 radical (unpaired) electrons. The van der Waals surface area contributed by atoms with Crippen molar-refractivity contribution in [2.24, 2.45) is 11.8 Å². The van der Waals surface area contributed by atoms with Gasteiger partial charge < -0.3 is 24.4 Å². The average Bonchev–Trinajstić information content (AvgIpc) is 3.31. The second-order valence-electron chi connectivity index (χ2n) is 10.7. The highest BCUT2D eigenvalue weighted by molar-refractivity contribution is 5.99. The summed E-state index contributed by atoms with van der Waals surface area (Å²) in [6.45, 7) is 4.86. The molecule has 38 heavy (non-hydrogen) atoms. The Morgan fingerprint density at radius 3 is 2.55 bits per heavy atom. The number of rotatable bonds is 7. The van der Waals surface area contributed by atoms with E-state index in [0.29, 0.717) is 25.9 Å². The highest BCUT2D eigenvalue weighted by Crippen LogP contribution is 2.59. The number of aliphatic hydroxyl groups excluding tert-OH is 1. The van der Waals surface area contributed by atoms with Gasteiger partial charge in [-0.1, -0.05) is 74.9 Å². The maximum Gasteiger partial charge on any atom is 0.313 e. The van der Waals surface area contributed by atoms with E-state index in [9.17, 15) is 19.5 Å². The van der Waals surface area contributed by atoms with Crippen LogP contribution in [0.1, 0.15) is 57.6 Å². The lowest BCUT2D eigenvalue weighted by Gasteiger charge is -2.41. The second kappa shape index (κ2) is 10.7. The van der Waals surface area contributed by atoms with Crippen molar-refractivity contribution in [3.05, 3.63) is 60.2 Å². The molecule has 2 saturated heterocycles. The number of cyclic esters (lactones) is 1. The Balaban J connectivity index is 1.69. The summed E-state index contributed by atoms with van der Waals surface area (Å²) in [5.41, 5.74) is -1.71. The quantitative estimate of drug-likeness (QED) is 0.437. The zero-order valence-corrected chi connectivity index (χ0v) is 22.3. The topological polar surface area (TPSA) is 96.4 Å². The molecular weight excluding hydrogens is 484 g/mol. The summed E-state index contributed by atoms with van der Waals surface area (Å²) in [5, 5.41) is 10.6. The van der Waals surface area contributed by atoms with Crippen molar-refractivity contribution in [1.29, 1.82) is 0 Å². The number of carbonyl (C=O) groups is 3. The fourth-order valence-corrected chi connectivity index (χ4v) is 6.78. The molecule has 2 amide bonds. The van der Waals surface area contributed by atoms with Crippen molar-refractivity contribution in [3.63, 3.8) is 0 Å². The fraction of sp³-hybridized carbons (Fsp3) is 0.567. The van der Waals surface area contributed by atoms with Gasteiger partial charge in [-0.2, -0.15) is 0 Å². The Bertz CT molecular complexity index is 1120. The molecule has 4 aliphatic rings. The maximum atomic E-state index is 14.5. The number of amides is 2. The fourth-order valence-electron chi connectivity index (χ4n) is 6.78. The first-order chi connectivity index (χ1) is 18.4. The SMILES string of the molecule is CCCCN1CC=C[C@]23O[C@]4(CC)/C=C\CCCOC(=O)[C@@H]4[C@H]2C(=O)N([C@H](CO)c2ccccc2)C3C1=O. The van der Waals surface area contributed by atoms with E-state index < -0.39 is 41.1 Å². The first kappa shape index (κ1) is 26.6. The molecule has 8 nitrogen and oxygen atoms in total. The minimum Gasteiger partial charge on any atom is -0.465 e. The number of carbonyl (C=O) groups excluding carboxylic acids is 3. The van der Waals surface area contributed by atoms with Gasteiger partial charge in [0.25, 0.3) is 0 Å². The third-order valence-electron chi connectivity index (χ3n) is 8.63. The lowest BCUT2D eigenvalue weighted by Crippen LogP contribution is -2.57. The molecular formula is C30H38N2O6. The maximum absolute atomic E-state index is 14.5. The number of unbranched alkanes of at least 4 members (excludes halogenated alkanes) is 1. The van der Waals surface area contributed by atoms with Gasteiger partial charge in [-0.25, -0.2) is 0 Å². The Hall–Kier alpha value is -2.97. The summed E-state index contributed by atoms with van der Waals surface area (Å²) in [6.07, 6.45) is 11.3. The molecule has 5 rings (SSSR count). The molecule has 2 fully saturated rings. The van der Waals surface area contributed by atoms with Crippen LogP contribution in [0.5, 0.6) is 0 Å². The van der Waals surface area contributed by atoms with Crippen molar-refractivity contribution < 1.29 is 29.0 Å². The molecule has 1 aromatic rings. The first-order valence-corrected chi connectivity index (χ1v) is 13.9. The van der Waals surface area contributed by atoms with E-state index in [1.54, 1.807) is 4.90 Å².